The number of benzene rings is 2. The molecule has 0 atom stereocenters. The minimum Gasteiger partial charge on any atom is -0.351 e. The lowest BCUT2D eigenvalue weighted by atomic mass is 10.0. The van der Waals surface area contributed by atoms with Crippen LogP contribution in [-0.4, -0.2) is 43.0 Å². The van der Waals surface area contributed by atoms with E-state index < -0.39 is 11.7 Å². The van der Waals surface area contributed by atoms with Crippen LogP contribution < -0.4 is 5.32 Å². The number of rotatable bonds is 4. The molecule has 0 bridgehead atoms. The summed E-state index contributed by atoms with van der Waals surface area (Å²) in [5.41, 5.74) is 0.188. The van der Waals surface area contributed by atoms with E-state index in [2.05, 4.69) is 10.3 Å². The molecule has 136 valence electrons. The van der Waals surface area contributed by atoms with Crippen LogP contribution in [-0.2, 0) is 6.18 Å². The second-order valence-electron chi connectivity index (χ2n) is 6.33. The van der Waals surface area contributed by atoms with Gasteiger partial charge in [0.1, 0.15) is 0 Å². The van der Waals surface area contributed by atoms with Crippen molar-refractivity contribution in [3.8, 4) is 0 Å². The molecule has 0 fully saturated rings. The number of amides is 1. The lowest BCUT2D eigenvalue weighted by Gasteiger charge is -2.12. The van der Waals surface area contributed by atoms with Crippen molar-refractivity contribution < 1.29 is 18.0 Å². The third-order valence-corrected chi connectivity index (χ3v) is 4.06. The Kier molecular flexibility index (Phi) is 4.82. The molecule has 7 heteroatoms. The maximum Gasteiger partial charge on any atom is 0.416 e. The third-order valence-electron chi connectivity index (χ3n) is 4.06. The van der Waals surface area contributed by atoms with E-state index in [9.17, 15) is 18.0 Å². The summed E-state index contributed by atoms with van der Waals surface area (Å²) < 4.78 is 38.8. The van der Waals surface area contributed by atoms with Crippen molar-refractivity contribution in [2.45, 2.75) is 6.18 Å². The van der Waals surface area contributed by atoms with Crippen molar-refractivity contribution in [3.05, 3.63) is 53.6 Å². The Labute approximate surface area is 148 Å². The lowest BCUT2D eigenvalue weighted by Crippen LogP contribution is -2.31. The first-order valence-electron chi connectivity index (χ1n) is 8.09. The van der Waals surface area contributed by atoms with Gasteiger partial charge in [-0.15, -0.1) is 0 Å². The molecule has 4 nitrogen and oxygen atoms in total. The molecule has 0 aliphatic rings. The number of nitrogens with one attached hydrogen (secondary N) is 1. The van der Waals surface area contributed by atoms with Gasteiger partial charge in [-0.25, -0.2) is 4.98 Å². The van der Waals surface area contributed by atoms with Gasteiger partial charge in [-0.1, -0.05) is 18.2 Å². The van der Waals surface area contributed by atoms with Gasteiger partial charge in [0.15, 0.2) is 0 Å². The van der Waals surface area contributed by atoms with E-state index in [0.29, 0.717) is 34.9 Å². The summed E-state index contributed by atoms with van der Waals surface area (Å²) in [5, 5.41) is 4.10. The van der Waals surface area contributed by atoms with Crippen molar-refractivity contribution in [2.24, 2.45) is 0 Å². The van der Waals surface area contributed by atoms with Gasteiger partial charge in [0.25, 0.3) is 5.91 Å². The summed E-state index contributed by atoms with van der Waals surface area (Å²) in [4.78, 5) is 18.7. The normalized spacial score (nSPS) is 12.1. The number of hydrogen-bond donors (Lipinski definition) is 1. The first-order chi connectivity index (χ1) is 12.3. The van der Waals surface area contributed by atoms with E-state index in [-0.39, 0.29) is 11.4 Å². The molecule has 3 rings (SSSR count). The Morgan fingerprint density at radius 2 is 1.88 bits per heavy atom. The maximum atomic E-state index is 12.9. The maximum absolute atomic E-state index is 12.9. The summed E-state index contributed by atoms with van der Waals surface area (Å²) in [6.07, 6.45) is -4.44. The number of nitrogens with zero attached hydrogens (tertiary/aromatic N) is 2. The molecule has 2 aromatic carbocycles. The van der Waals surface area contributed by atoms with Crippen LogP contribution in [0.3, 0.4) is 0 Å². The lowest BCUT2D eigenvalue weighted by molar-refractivity contribution is -0.137. The highest BCUT2D eigenvalue weighted by Gasteiger charge is 2.30. The minimum absolute atomic E-state index is 0.209. The van der Waals surface area contributed by atoms with Gasteiger partial charge in [0, 0.05) is 23.9 Å². The van der Waals surface area contributed by atoms with Gasteiger partial charge in [0.2, 0.25) is 0 Å². The molecule has 0 unspecified atom stereocenters. The van der Waals surface area contributed by atoms with Crippen LogP contribution in [0, 0.1) is 0 Å². The van der Waals surface area contributed by atoms with Gasteiger partial charge in [-0.2, -0.15) is 13.2 Å². The van der Waals surface area contributed by atoms with Crippen LogP contribution in [0.5, 0.6) is 0 Å². The second kappa shape index (κ2) is 6.92. The first-order valence-corrected chi connectivity index (χ1v) is 8.09. The smallest absolute Gasteiger partial charge is 0.351 e. The Morgan fingerprint density at radius 3 is 2.58 bits per heavy atom. The number of carbonyl (C=O) groups excluding carboxylic acids is 1. The molecule has 1 aromatic heterocycles. The number of pyridine rings is 1. The zero-order chi connectivity index (χ0) is 18.9. The predicted octanol–water partition coefficient (Wildman–Crippen LogP) is 3.70. The molecule has 1 heterocycles. The highest BCUT2D eigenvalue weighted by Crippen LogP contribution is 2.32. The summed E-state index contributed by atoms with van der Waals surface area (Å²) >= 11 is 0. The number of carbonyl (C=O) groups is 1. The standard InChI is InChI=1S/C19H18F3N3O/c1-25(2)9-8-23-18(26)15-5-3-4-13-10-12-6-7-14(19(20,21)22)11-16(12)24-17(13)15/h3-7,10-11H,8-9H2,1-2H3,(H,23,26). The summed E-state index contributed by atoms with van der Waals surface area (Å²) in [6.45, 7) is 1.15. The van der Waals surface area contributed by atoms with Crippen LogP contribution in [0.25, 0.3) is 21.8 Å². The molecule has 1 amide bonds. The number of hydrogen-bond acceptors (Lipinski definition) is 3. The van der Waals surface area contributed by atoms with E-state index in [0.717, 1.165) is 12.1 Å². The van der Waals surface area contributed by atoms with Gasteiger partial charge in [-0.05, 0) is 38.4 Å². The monoisotopic (exact) mass is 361 g/mol. The highest BCUT2D eigenvalue weighted by atomic mass is 19.4. The van der Waals surface area contributed by atoms with Gasteiger partial charge in [-0.3, -0.25) is 4.79 Å². The average Bonchev–Trinajstić information content (AvgIpc) is 2.57. The quantitative estimate of drug-likeness (QED) is 0.721. The van der Waals surface area contributed by atoms with Crippen LogP contribution in [0.2, 0.25) is 0 Å². The molecule has 1 N–H and O–H groups in total. The van der Waals surface area contributed by atoms with Crippen molar-refractivity contribution in [1.29, 1.82) is 0 Å². The van der Waals surface area contributed by atoms with E-state index in [1.165, 1.54) is 6.07 Å². The zero-order valence-electron chi connectivity index (χ0n) is 14.4. The fourth-order valence-electron chi connectivity index (χ4n) is 2.70. The Hall–Kier alpha value is -2.67. The molecule has 0 saturated heterocycles. The molecule has 0 radical (unpaired) electrons. The van der Waals surface area contributed by atoms with Gasteiger partial charge < -0.3 is 10.2 Å². The zero-order valence-corrected chi connectivity index (χ0v) is 14.4. The summed E-state index contributed by atoms with van der Waals surface area (Å²) in [7, 11) is 3.80. The SMILES string of the molecule is CN(C)CCNC(=O)c1cccc2cc3ccc(C(F)(F)F)cc3nc12. The first kappa shape index (κ1) is 18.1. The van der Waals surface area contributed by atoms with E-state index in [1.807, 2.05) is 19.0 Å². The number of aromatic nitrogens is 1. The van der Waals surface area contributed by atoms with E-state index >= 15 is 0 Å². The van der Waals surface area contributed by atoms with Gasteiger partial charge in [0.05, 0.1) is 22.2 Å². The minimum atomic E-state index is -4.44. The van der Waals surface area contributed by atoms with Crippen molar-refractivity contribution >= 4 is 27.7 Å². The molecule has 26 heavy (non-hydrogen) atoms. The third kappa shape index (κ3) is 3.77. The number of fused-ring (bicyclic) bond motifs is 2. The molecule has 0 aliphatic carbocycles. The molecule has 0 aliphatic heterocycles. The number of para-hydroxylation sites is 1. The van der Waals surface area contributed by atoms with Crippen molar-refractivity contribution in [2.75, 3.05) is 27.2 Å². The molecular formula is C19H18F3N3O. The predicted molar refractivity (Wildman–Crippen MR) is 95.1 cm³/mol. The van der Waals surface area contributed by atoms with E-state index in [1.54, 1.807) is 24.3 Å². The van der Waals surface area contributed by atoms with Crippen LogP contribution in [0.15, 0.2) is 42.5 Å². The van der Waals surface area contributed by atoms with Crippen LogP contribution in [0.4, 0.5) is 13.2 Å². The molecular weight excluding hydrogens is 343 g/mol. The number of likely N-dealkylation sites (N-methyl/N-ethyl adjacent to an activating group) is 1. The van der Waals surface area contributed by atoms with Crippen LogP contribution in [0.1, 0.15) is 15.9 Å². The average molecular weight is 361 g/mol. The Bertz CT molecular complexity index is 967. The number of alkyl halides is 3. The van der Waals surface area contributed by atoms with Crippen LogP contribution >= 0.6 is 0 Å². The molecule has 3 aromatic rings. The van der Waals surface area contributed by atoms with Gasteiger partial charge >= 0.3 is 6.18 Å². The van der Waals surface area contributed by atoms with Crippen molar-refractivity contribution in [3.63, 3.8) is 0 Å². The summed E-state index contributed by atoms with van der Waals surface area (Å²) in [5.74, 6) is -0.295. The highest BCUT2D eigenvalue weighted by molar-refractivity contribution is 6.07. The Balaban J connectivity index is 2.04. The summed E-state index contributed by atoms with van der Waals surface area (Å²) in [6, 6.07) is 10.3. The molecule has 0 saturated carbocycles. The second-order valence-corrected chi connectivity index (χ2v) is 6.33. The fourth-order valence-corrected chi connectivity index (χ4v) is 2.70. The fraction of sp³-hybridized carbons (Fsp3) is 0.263. The number of halogens is 3. The Morgan fingerprint density at radius 1 is 1.12 bits per heavy atom. The topological polar surface area (TPSA) is 45.2 Å². The van der Waals surface area contributed by atoms with Crippen molar-refractivity contribution in [1.82, 2.24) is 15.2 Å². The largest absolute Gasteiger partial charge is 0.416 e. The van der Waals surface area contributed by atoms with E-state index in [4.69, 9.17) is 0 Å². The molecule has 0 spiro atoms.